The lowest BCUT2D eigenvalue weighted by atomic mass is 10.2. The second-order valence-corrected chi connectivity index (χ2v) is 4.16. The van der Waals surface area contributed by atoms with Gasteiger partial charge in [-0.3, -0.25) is 4.98 Å². The van der Waals surface area contributed by atoms with Crippen molar-refractivity contribution in [3.05, 3.63) is 23.5 Å². The van der Waals surface area contributed by atoms with Gasteiger partial charge in [-0.05, 0) is 51.4 Å². The first-order valence-corrected chi connectivity index (χ1v) is 6.58. The summed E-state index contributed by atoms with van der Waals surface area (Å²) in [4.78, 5) is 4.48. The Bertz CT molecular complexity index is 326. The molecule has 96 valence electrons. The maximum absolute atomic E-state index is 5.77. The highest BCUT2D eigenvalue weighted by atomic mass is 16.5. The summed E-state index contributed by atoms with van der Waals surface area (Å²) in [6.45, 7) is 9.15. The molecule has 0 saturated heterocycles. The summed E-state index contributed by atoms with van der Waals surface area (Å²) in [5, 5.41) is 3.31. The van der Waals surface area contributed by atoms with Gasteiger partial charge >= 0.3 is 0 Å². The number of pyridine rings is 1. The molecule has 0 aromatic carbocycles. The Balaban J connectivity index is 2.31. The third kappa shape index (κ3) is 5.18. The SMILES string of the molecule is CCNCCCCOc1ccc(C)nc1CC. The van der Waals surface area contributed by atoms with Crippen LogP contribution in [-0.4, -0.2) is 24.7 Å². The molecule has 0 bridgehead atoms. The Morgan fingerprint density at radius 1 is 1.24 bits per heavy atom. The summed E-state index contributed by atoms with van der Waals surface area (Å²) in [5.74, 6) is 0.946. The van der Waals surface area contributed by atoms with Crippen LogP contribution in [0.4, 0.5) is 0 Å². The maximum Gasteiger partial charge on any atom is 0.140 e. The lowest BCUT2D eigenvalue weighted by Gasteiger charge is -2.10. The predicted molar refractivity (Wildman–Crippen MR) is 71.6 cm³/mol. The highest BCUT2D eigenvalue weighted by Crippen LogP contribution is 2.17. The fourth-order valence-corrected chi connectivity index (χ4v) is 1.69. The fourth-order valence-electron chi connectivity index (χ4n) is 1.69. The van der Waals surface area contributed by atoms with Gasteiger partial charge in [0.25, 0.3) is 0 Å². The van der Waals surface area contributed by atoms with Crippen molar-refractivity contribution in [1.29, 1.82) is 0 Å². The predicted octanol–water partition coefficient (Wildman–Crippen LogP) is 2.72. The Labute approximate surface area is 105 Å². The van der Waals surface area contributed by atoms with E-state index in [4.69, 9.17) is 4.74 Å². The molecule has 0 radical (unpaired) electrons. The normalized spacial score (nSPS) is 10.5. The standard InChI is InChI=1S/C14H24N2O/c1-4-13-14(9-8-12(3)16-13)17-11-7-6-10-15-5-2/h8-9,15H,4-7,10-11H2,1-3H3. The number of hydrogen-bond donors (Lipinski definition) is 1. The number of ether oxygens (including phenoxy) is 1. The number of unbranched alkanes of at least 4 members (excludes halogenated alkanes) is 1. The van der Waals surface area contributed by atoms with Gasteiger partial charge in [0.1, 0.15) is 5.75 Å². The number of hydrogen-bond acceptors (Lipinski definition) is 3. The molecular weight excluding hydrogens is 212 g/mol. The van der Waals surface area contributed by atoms with Gasteiger partial charge in [-0.15, -0.1) is 0 Å². The molecule has 0 aliphatic rings. The van der Waals surface area contributed by atoms with E-state index in [0.29, 0.717) is 0 Å². The molecular formula is C14H24N2O. The van der Waals surface area contributed by atoms with Crippen molar-refractivity contribution in [2.45, 2.75) is 40.0 Å². The summed E-state index contributed by atoms with van der Waals surface area (Å²) < 4.78 is 5.77. The van der Waals surface area contributed by atoms with Crippen molar-refractivity contribution in [2.75, 3.05) is 19.7 Å². The molecule has 0 amide bonds. The van der Waals surface area contributed by atoms with Gasteiger partial charge in [0.15, 0.2) is 0 Å². The number of rotatable bonds is 8. The van der Waals surface area contributed by atoms with Crippen molar-refractivity contribution in [3.8, 4) is 5.75 Å². The third-order valence-corrected chi connectivity index (χ3v) is 2.66. The van der Waals surface area contributed by atoms with Crippen LogP contribution in [0.15, 0.2) is 12.1 Å². The van der Waals surface area contributed by atoms with E-state index in [1.165, 1.54) is 0 Å². The zero-order chi connectivity index (χ0) is 12.5. The van der Waals surface area contributed by atoms with Crippen molar-refractivity contribution < 1.29 is 4.74 Å². The van der Waals surface area contributed by atoms with Crippen LogP contribution < -0.4 is 10.1 Å². The topological polar surface area (TPSA) is 34.1 Å². The zero-order valence-electron chi connectivity index (χ0n) is 11.3. The lowest BCUT2D eigenvalue weighted by molar-refractivity contribution is 0.301. The van der Waals surface area contributed by atoms with Crippen LogP contribution in [0.25, 0.3) is 0 Å². The van der Waals surface area contributed by atoms with E-state index in [1.54, 1.807) is 0 Å². The van der Waals surface area contributed by atoms with Crippen LogP contribution in [0.2, 0.25) is 0 Å². The van der Waals surface area contributed by atoms with Crippen LogP contribution in [0.3, 0.4) is 0 Å². The average molecular weight is 236 g/mol. The number of aromatic nitrogens is 1. The highest BCUT2D eigenvalue weighted by Gasteiger charge is 2.03. The molecule has 0 atom stereocenters. The van der Waals surface area contributed by atoms with E-state index in [0.717, 1.165) is 56.1 Å². The second kappa shape index (κ2) is 8.07. The van der Waals surface area contributed by atoms with E-state index >= 15 is 0 Å². The summed E-state index contributed by atoms with van der Waals surface area (Å²) in [6, 6.07) is 4.04. The first-order valence-electron chi connectivity index (χ1n) is 6.58. The monoisotopic (exact) mass is 236 g/mol. The van der Waals surface area contributed by atoms with Crippen molar-refractivity contribution in [3.63, 3.8) is 0 Å². The number of aryl methyl sites for hydroxylation is 2. The molecule has 17 heavy (non-hydrogen) atoms. The Morgan fingerprint density at radius 3 is 2.76 bits per heavy atom. The Hall–Kier alpha value is -1.09. The van der Waals surface area contributed by atoms with Gasteiger partial charge in [-0.2, -0.15) is 0 Å². The van der Waals surface area contributed by atoms with Gasteiger partial charge in [-0.1, -0.05) is 13.8 Å². The summed E-state index contributed by atoms with van der Waals surface area (Å²) in [5.41, 5.74) is 2.12. The molecule has 3 nitrogen and oxygen atoms in total. The third-order valence-electron chi connectivity index (χ3n) is 2.66. The van der Waals surface area contributed by atoms with Gasteiger partial charge in [0, 0.05) is 5.69 Å². The van der Waals surface area contributed by atoms with Crippen LogP contribution in [0.1, 0.15) is 38.1 Å². The minimum absolute atomic E-state index is 0.781. The smallest absolute Gasteiger partial charge is 0.140 e. The summed E-state index contributed by atoms with van der Waals surface area (Å²) in [6.07, 6.45) is 3.17. The van der Waals surface area contributed by atoms with E-state index in [2.05, 4.69) is 24.1 Å². The first-order chi connectivity index (χ1) is 8.27. The quantitative estimate of drug-likeness (QED) is 0.705. The molecule has 0 aliphatic carbocycles. The molecule has 0 fully saturated rings. The summed E-state index contributed by atoms with van der Waals surface area (Å²) >= 11 is 0. The molecule has 1 heterocycles. The first kappa shape index (κ1) is 14.0. The highest BCUT2D eigenvalue weighted by molar-refractivity contribution is 5.29. The number of nitrogens with one attached hydrogen (secondary N) is 1. The molecule has 1 aromatic heterocycles. The van der Waals surface area contributed by atoms with Gasteiger partial charge < -0.3 is 10.1 Å². The van der Waals surface area contributed by atoms with Crippen molar-refractivity contribution in [2.24, 2.45) is 0 Å². The fraction of sp³-hybridized carbons (Fsp3) is 0.643. The molecule has 0 aliphatic heterocycles. The van der Waals surface area contributed by atoms with E-state index < -0.39 is 0 Å². The zero-order valence-corrected chi connectivity index (χ0v) is 11.3. The van der Waals surface area contributed by atoms with Crippen molar-refractivity contribution >= 4 is 0 Å². The van der Waals surface area contributed by atoms with E-state index in [1.807, 2.05) is 19.1 Å². The van der Waals surface area contributed by atoms with Gasteiger partial charge in [0.2, 0.25) is 0 Å². The van der Waals surface area contributed by atoms with E-state index in [9.17, 15) is 0 Å². The molecule has 0 spiro atoms. The minimum Gasteiger partial charge on any atom is -0.492 e. The molecule has 1 N–H and O–H groups in total. The van der Waals surface area contributed by atoms with Crippen molar-refractivity contribution in [1.82, 2.24) is 10.3 Å². The average Bonchev–Trinajstić information content (AvgIpc) is 2.35. The van der Waals surface area contributed by atoms with Crippen LogP contribution in [0, 0.1) is 6.92 Å². The number of nitrogens with zero attached hydrogens (tertiary/aromatic N) is 1. The second-order valence-electron chi connectivity index (χ2n) is 4.16. The minimum atomic E-state index is 0.781. The van der Waals surface area contributed by atoms with Gasteiger partial charge in [-0.25, -0.2) is 0 Å². The lowest BCUT2D eigenvalue weighted by Crippen LogP contribution is -2.14. The summed E-state index contributed by atoms with van der Waals surface area (Å²) in [7, 11) is 0. The largest absolute Gasteiger partial charge is 0.492 e. The maximum atomic E-state index is 5.77. The molecule has 0 unspecified atom stereocenters. The van der Waals surface area contributed by atoms with Gasteiger partial charge in [0.05, 0.1) is 12.3 Å². The molecule has 3 heteroatoms. The Morgan fingerprint density at radius 2 is 2.06 bits per heavy atom. The van der Waals surface area contributed by atoms with Crippen LogP contribution in [-0.2, 0) is 6.42 Å². The van der Waals surface area contributed by atoms with E-state index in [-0.39, 0.29) is 0 Å². The van der Waals surface area contributed by atoms with Crippen LogP contribution in [0.5, 0.6) is 5.75 Å². The molecule has 1 aromatic rings. The van der Waals surface area contributed by atoms with Crippen LogP contribution >= 0.6 is 0 Å². The Kier molecular flexibility index (Phi) is 6.63. The molecule has 0 saturated carbocycles. The molecule has 1 rings (SSSR count).